The molecule has 4 nitrogen and oxygen atoms in total. The Balaban J connectivity index is 2.09. The van der Waals surface area contributed by atoms with E-state index in [9.17, 15) is 8.42 Å². The fourth-order valence-electron chi connectivity index (χ4n) is 2.69. The van der Waals surface area contributed by atoms with Crippen LogP contribution in [0, 0.1) is 5.92 Å². The molecule has 0 aliphatic rings. The van der Waals surface area contributed by atoms with E-state index in [0.717, 1.165) is 12.8 Å². The van der Waals surface area contributed by atoms with Gasteiger partial charge in [-0.3, -0.25) is 0 Å². The highest BCUT2D eigenvalue weighted by atomic mass is 32.2. The quantitative estimate of drug-likeness (QED) is 0.670. The Hall–Kier alpha value is -1.85. The smallest absolute Gasteiger partial charge is 0.194 e. The van der Waals surface area contributed by atoms with Gasteiger partial charge >= 0.3 is 0 Å². The van der Waals surface area contributed by atoms with Crippen molar-refractivity contribution in [2.24, 2.45) is 5.92 Å². The van der Waals surface area contributed by atoms with Crippen LogP contribution in [0.2, 0.25) is 0 Å². The first kappa shape index (κ1) is 19.5. The van der Waals surface area contributed by atoms with Crippen LogP contribution in [0.5, 0.6) is 0 Å². The molecule has 2 aromatic rings. The Labute approximate surface area is 151 Å². The molecule has 0 saturated carbocycles. The third-order valence-corrected chi connectivity index (χ3v) is 6.19. The zero-order chi connectivity index (χ0) is 18.3. The molecular formula is C20H28N2O2S. The van der Waals surface area contributed by atoms with Crippen molar-refractivity contribution in [1.29, 1.82) is 0 Å². The van der Waals surface area contributed by atoms with Gasteiger partial charge < -0.3 is 11.1 Å². The van der Waals surface area contributed by atoms with Crippen molar-refractivity contribution in [3.05, 3.63) is 60.2 Å². The molecule has 25 heavy (non-hydrogen) atoms. The highest BCUT2D eigenvalue weighted by molar-refractivity contribution is 7.92. The summed E-state index contributed by atoms with van der Waals surface area (Å²) in [5.41, 5.74) is 7.47. The topological polar surface area (TPSA) is 72.2 Å². The van der Waals surface area contributed by atoms with Gasteiger partial charge in [-0.25, -0.2) is 8.42 Å². The number of nitrogen functional groups attached to an aromatic ring is 1. The predicted octanol–water partition coefficient (Wildman–Crippen LogP) is 3.64. The number of nitrogens with two attached hydrogens (primary N) is 1. The molecule has 0 aliphatic heterocycles. The Kier molecular flexibility index (Phi) is 7.02. The molecule has 2 rings (SSSR count). The van der Waals surface area contributed by atoms with Crippen LogP contribution < -0.4 is 11.1 Å². The first-order valence-corrected chi connectivity index (χ1v) is 10.3. The largest absolute Gasteiger partial charge is 0.399 e. The first-order valence-electron chi connectivity index (χ1n) is 8.76. The highest BCUT2D eigenvalue weighted by Crippen LogP contribution is 2.20. The van der Waals surface area contributed by atoms with Gasteiger partial charge in [-0.15, -0.1) is 0 Å². The van der Waals surface area contributed by atoms with Crippen LogP contribution in [0.15, 0.2) is 59.5 Å². The number of sulfone groups is 1. The summed E-state index contributed by atoms with van der Waals surface area (Å²) < 4.78 is 26.0. The molecule has 0 heterocycles. The molecule has 0 amide bonds. The first-order chi connectivity index (χ1) is 11.9. The molecule has 0 radical (unpaired) electrons. The fraction of sp³-hybridized carbons (Fsp3) is 0.400. The Bertz CT molecular complexity index is 741. The van der Waals surface area contributed by atoms with Gasteiger partial charge in [0.15, 0.2) is 9.84 Å². The minimum absolute atomic E-state index is 0.322. The van der Waals surface area contributed by atoms with Crippen LogP contribution in [-0.4, -0.2) is 20.3 Å². The maximum Gasteiger partial charge on any atom is 0.194 e. The SMILES string of the molecule is CC(C)CNC(CCCc1ccccc1)S(=O)(=O)c1ccc(N)cc1. The molecule has 0 fully saturated rings. The second-order valence-corrected chi connectivity index (χ2v) is 8.91. The van der Waals surface area contributed by atoms with E-state index in [2.05, 4.69) is 31.3 Å². The van der Waals surface area contributed by atoms with Crippen LogP contribution in [-0.2, 0) is 16.3 Å². The molecule has 0 spiro atoms. The maximum absolute atomic E-state index is 13.0. The lowest BCUT2D eigenvalue weighted by Gasteiger charge is -2.21. The number of hydrogen-bond acceptors (Lipinski definition) is 4. The van der Waals surface area contributed by atoms with Crippen molar-refractivity contribution in [3.63, 3.8) is 0 Å². The lowest BCUT2D eigenvalue weighted by atomic mass is 10.1. The van der Waals surface area contributed by atoms with Crippen molar-refractivity contribution < 1.29 is 8.42 Å². The molecule has 0 aliphatic carbocycles. The average Bonchev–Trinajstić information content (AvgIpc) is 2.58. The molecule has 1 unspecified atom stereocenters. The Morgan fingerprint density at radius 1 is 1.00 bits per heavy atom. The Morgan fingerprint density at radius 2 is 1.64 bits per heavy atom. The zero-order valence-electron chi connectivity index (χ0n) is 15.0. The standard InChI is InChI=1S/C20H28N2O2S/c1-16(2)15-22-20(10-6-9-17-7-4-3-5-8-17)25(23,24)19-13-11-18(21)12-14-19/h3-5,7-8,11-14,16,20,22H,6,9-10,15,21H2,1-2H3. The van der Waals surface area contributed by atoms with Gasteiger partial charge in [0.25, 0.3) is 0 Å². The minimum Gasteiger partial charge on any atom is -0.399 e. The van der Waals surface area contributed by atoms with Gasteiger partial charge in [-0.2, -0.15) is 0 Å². The average molecular weight is 361 g/mol. The van der Waals surface area contributed by atoms with Gasteiger partial charge in [0, 0.05) is 5.69 Å². The van der Waals surface area contributed by atoms with Crippen LogP contribution >= 0.6 is 0 Å². The number of anilines is 1. The lowest BCUT2D eigenvalue weighted by Crippen LogP contribution is -2.39. The van der Waals surface area contributed by atoms with E-state index in [1.165, 1.54) is 5.56 Å². The number of nitrogens with one attached hydrogen (secondary N) is 1. The van der Waals surface area contributed by atoms with Crippen molar-refractivity contribution in [1.82, 2.24) is 5.32 Å². The normalized spacial score (nSPS) is 13.1. The van der Waals surface area contributed by atoms with E-state index >= 15 is 0 Å². The number of benzene rings is 2. The lowest BCUT2D eigenvalue weighted by molar-refractivity contribution is 0.483. The van der Waals surface area contributed by atoms with Gasteiger partial charge in [-0.1, -0.05) is 44.2 Å². The van der Waals surface area contributed by atoms with E-state index in [1.807, 2.05) is 18.2 Å². The zero-order valence-corrected chi connectivity index (χ0v) is 15.8. The summed E-state index contributed by atoms with van der Waals surface area (Å²) in [5, 5.41) is 2.66. The van der Waals surface area contributed by atoms with Crippen LogP contribution in [0.25, 0.3) is 0 Å². The maximum atomic E-state index is 13.0. The van der Waals surface area contributed by atoms with Gasteiger partial charge in [-0.05, 0) is 61.6 Å². The fourth-order valence-corrected chi connectivity index (χ4v) is 4.33. The summed E-state index contributed by atoms with van der Waals surface area (Å²) in [6.45, 7) is 4.82. The summed E-state index contributed by atoms with van der Waals surface area (Å²) in [6, 6.07) is 16.6. The number of aryl methyl sites for hydroxylation is 1. The summed E-state index contributed by atoms with van der Waals surface area (Å²) >= 11 is 0. The van der Waals surface area contributed by atoms with Crippen LogP contribution in [0.3, 0.4) is 0 Å². The van der Waals surface area contributed by atoms with E-state index in [4.69, 9.17) is 5.73 Å². The molecule has 2 aromatic carbocycles. The Morgan fingerprint density at radius 3 is 2.24 bits per heavy atom. The molecule has 5 heteroatoms. The monoisotopic (exact) mass is 360 g/mol. The summed E-state index contributed by atoms with van der Waals surface area (Å²) in [7, 11) is -3.43. The van der Waals surface area contributed by atoms with Crippen molar-refractivity contribution in [3.8, 4) is 0 Å². The second-order valence-electron chi connectivity index (χ2n) is 6.78. The van der Waals surface area contributed by atoms with Crippen molar-refractivity contribution in [2.75, 3.05) is 12.3 Å². The van der Waals surface area contributed by atoms with Crippen LogP contribution in [0.1, 0.15) is 32.3 Å². The van der Waals surface area contributed by atoms with Crippen molar-refractivity contribution in [2.45, 2.75) is 43.4 Å². The third kappa shape index (κ3) is 5.87. The second kappa shape index (κ2) is 9.02. The minimum atomic E-state index is -3.43. The molecule has 136 valence electrons. The summed E-state index contributed by atoms with van der Waals surface area (Å²) in [6.07, 6.45) is 2.26. The summed E-state index contributed by atoms with van der Waals surface area (Å²) in [4.78, 5) is 0.322. The summed E-state index contributed by atoms with van der Waals surface area (Å²) in [5.74, 6) is 0.387. The highest BCUT2D eigenvalue weighted by Gasteiger charge is 2.26. The van der Waals surface area contributed by atoms with Gasteiger partial charge in [0.1, 0.15) is 5.37 Å². The molecule has 3 N–H and O–H groups in total. The molecule has 0 bridgehead atoms. The van der Waals surface area contributed by atoms with E-state index in [1.54, 1.807) is 24.3 Å². The molecular weight excluding hydrogens is 332 g/mol. The molecule has 0 saturated heterocycles. The van der Waals surface area contributed by atoms with Crippen LogP contribution in [0.4, 0.5) is 5.69 Å². The predicted molar refractivity (Wildman–Crippen MR) is 104 cm³/mol. The molecule has 1 atom stereocenters. The van der Waals surface area contributed by atoms with E-state index < -0.39 is 15.2 Å². The van der Waals surface area contributed by atoms with Gasteiger partial charge in [0.2, 0.25) is 0 Å². The number of rotatable bonds is 9. The molecule has 0 aromatic heterocycles. The van der Waals surface area contributed by atoms with Gasteiger partial charge in [0.05, 0.1) is 4.90 Å². The third-order valence-electron chi connectivity index (χ3n) is 4.11. The van der Waals surface area contributed by atoms with Crippen molar-refractivity contribution >= 4 is 15.5 Å². The van der Waals surface area contributed by atoms with E-state index in [0.29, 0.717) is 29.5 Å². The van der Waals surface area contributed by atoms with E-state index in [-0.39, 0.29) is 0 Å². The number of hydrogen-bond donors (Lipinski definition) is 2.